The van der Waals surface area contributed by atoms with Crippen molar-refractivity contribution < 1.29 is 0 Å². The van der Waals surface area contributed by atoms with Crippen LogP contribution in [0.3, 0.4) is 0 Å². The number of hydrogen-bond acceptors (Lipinski definition) is 4. The molecule has 1 atom stereocenters. The van der Waals surface area contributed by atoms with Crippen molar-refractivity contribution in [2.24, 2.45) is 5.92 Å². The molecular formula is C15H26N4. The minimum absolute atomic E-state index is 0.483. The maximum atomic E-state index is 4.66. The Hall–Kier alpha value is -1.16. The summed E-state index contributed by atoms with van der Waals surface area (Å²) in [5.74, 6) is 1.68. The maximum absolute atomic E-state index is 4.66. The number of nitrogens with one attached hydrogen (secondary N) is 1. The normalized spacial score (nSPS) is 16.7. The highest BCUT2D eigenvalue weighted by Crippen LogP contribution is 2.35. The molecule has 0 aromatic carbocycles. The van der Waals surface area contributed by atoms with Crippen molar-refractivity contribution in [2.75, 3.05) is 11.9 Å². The third-order valence-corrected chi connectivity index (χ3v) is 4.00. The van der Waals surface area contributed by atoms with Crippen LogP contribution in [0.2, 0.25) is 0 Å². The number of rotatable bonds is 6. The first-order valence-corrected chi connectivity index (χ1v) is 7.27. The molecule has 4 heteroatoms. The van der Waals surface area contributed by atoms with Gasteiger partial charge in [0.05, 0.1) is 0 Å². The lowest BCUT2D eigenvalue weighted by Crippen LogP contribution is -2.32. The van der Waals surface area contributed by atoms with Crippen molar-refractivity contribution >= 4 is 5.95 Å². The maximum Gasteiger partial charge on any atom is 0.225 e. The lowest BCUT2D eigenvalue weighted by Gasteiger charge is -2.25. The number of nitrogens with zero attached hydrogens (tertiary/aromatic N) is 3. The Bertz CT molecular complexity index is 426. The second-order valence-corrected chi connectivity index (χ2v) is 6.01. The highest BCUT2D eigenvalue weighted by molar-refractivity contribution is 5.33. The molecule has 1 fully saturated rings. The number of anilines is 1. The van der Waals surface area contributed by atoms with Gasteiger partial charge in [-0.3, -0.25) is 0 Å². The van der Waals surface area contributed by atoms with Gasteiger partial charge >= 0.3 is 0 Å². The molecule has 1 N–H and O–H groups in total. The summed E-state index contributed by atoms with van der Waals surface area (Å²) >= 11 is 0. The fourth-order valence-corrected chi connectivity index (χ4v) is 2.21. The van der Waals surface area contributed by atoms with E-state index in [0.29, 0.717) is 12.1 Å². The van der Waals surface area contributed by atoms with Crippen LogP contribution in [0.1, 0.15) is 44.9 Å². The summed E-state index contributed by atoms with van der Waals surface area (Å²) in [6, 6.07) is 1.02. The van der Waals surface area contributed by atoms with Gasteiger partial charge in [0.25, 0.3) is 0 Å². The Morgan fingerprint density at radius 3 is 2.58 bits per heavy atom. The topological polar surface area (TPSA) is 41.1 Å². The van der Waals surface area contributed by atoms with Crippen LogP contribution in [0.25, 0.3) is 0 Å². The first kappa shape index (κ1) is 14.3. The van der Waals surface area contributed by atoms with E-state index in [1.165, 1.54) is 18.4 Å². The molecule has 1 aromatic rings. The van der Waals surface area contributed by atoms with Crippen LogP contribution in [0.15, 0.2) is 6.20 Å². The third-order valence-electron chi connectivity index (χ3n) is 4.00. The molecule has 0 aliphatic heterocycles. The average Bonchev–Trinajstić information content (AvgIpc) is 3.19. The van der Waals surface area contributed by atoms with Gasteiger partial charge < -0.3 is 10.2 Å². The van der Waals surface area contributed by atoms with E-state index in [-0.39, 0.29) is 0 Å². The first-order chi connectivity index (χ1) is 8.99. The summed E-state index contributed by atoms with van der Waals surface area (Å²) in [4.78, 5) is 11.4. The summed E-state index contributed by atoms with van der Waals surface area (Å²) in [5.41, 5.74) is 2.26. The fraction of sp³-hybridized carbons (Fsp3) is 0.733. The molecule has 2 rings (SSSR count). The van der Waals surface area contributed by atoms with Crippen molar-refractivity contribution in [2.45, 2.75) is 59.2 Å². The van der Waals surface area contributed by atoms with Crippen LogP contribution in [-0.4, -0.2) is 29.1 Å². The van der Waals surface area contributed by atoms with Gasteiger partial charge in [-0.25, -0.2) is 9.97 Å². The Labute approximate surface area is 116 Å². The Morgan fingerprint density at radius 2 is 2.05 bits per heavy atom. The van der Waals surface area contributed by atoms with Crippen LogP contribution in [0, 0.1) is 12.8 Å². The van der Waals surface area contributed by atoms with E-state index in [1.54, 1.807) is 0 Å². The number of aryl methyl sites for hydroxylation is 1. The highest BCUT2D eigenvalue weighted by atomic mass is 15.3. The van der Waals surface area contributed by atoms with E-state index in [4.69, 9.17) is 0 Å². The van der Waals surface area contributed by atoms with Crippen molar-refractivity contribution in [3.8, 4) is 0 Å². The minimum atomic E-state index is 0.483. The van der Waals surface area contributed by atoms with Crippen LogP contribution in [-0.2, 0) is 6.54 Å². The van der Waals surface area contributed by atoms with Gasteiger partial charge in [0.1, 0.15) is 0 Å². The third kappa shape index (κ3) is 3.66. The zero-order chi connectivity index (χ0) is 14.0. The summed E-state index contributed by atoms with van der Waals surface area (Å²) in [5, 5.41) is 3.41. The van der Waals surface area contributed by atoms with Gasteiger partial charge in [-0.15, -0.1) is 0 Å². The number of hydrogen-bond donors (Lipinski definition) is 1. The van der Waals surface area contributed by atoms with Gasteiger partial charge in [0.15, 0.2) is 0 Å². The van der Waals surface area contributed by atoms with Crippen molar-refractivity contribution in [3.05, 3.63) is 17.5 Å². The molecule has 0 spiro atoms. The van der Waals surface area contributed by atoms with Gasteiger partial charge in [-0.2, -0.15) is 0 Å². The zero-order valence-corrected chi connectivity index (χ0v) is 12.8. The molecule has 1 aliphatic carbocycles. The van der Waals surface area contributed by atoms with E-state index in [2.05, 4.69) is 54.9 Å². The summed E-state index contributed by atoms with van der Waals surface area (Å²) < 4.78 is 0. The molecule has 0 amide bonds. The van der Waals surface area contributed by atoms with Gasteiger partial charge in [0, 0.05) is 43.1 Å². The quantitative estimate of drug-likeness (QED) is 0.855. The lowest BCUT2D eigenvalue weighted by molar-refractivity contribution is 0.580. The van der Waals surface area contributed by atoms with E-state index in [9.17, 15) is 0 Å². The summed E-state index contributed by atoms with van der Waals surface area (Å²) in [7, 11) is 2.10. The molecule has 1 aliphatic rings. The van der Waals surface area contributed by atoms with Crippen LogP contribution >= 0.6 is 0 Å². The van der Waals surface area contributed by atoms with Crippen molar-refractivity contribution in [3.63, 3.8) is 0 Å². The van der Waals surface area contributed by atoms with E-state index < -0.39 is 0 Å². The Morgan fingerprint density at radius 1 is 1.37 bits per heavy atom. The van der Waals surface area contributed by atoms with Crippen LogP contribution in [0.5, 0.6) is 0 Å². The largest absolute Gasteiger partial charge is 0.341 e. The molecular weight excluding hydrogens is 236 g/mol. The SMILES string of the molecule is Cc1nc(N(C)C(C)C2CC2)ncc1CNC(C)C. The molecule has 0 radical (unpaired) electrons. The summed E-state index contributed by atoms with van der Waals surface area (Å²) in [6.45, 7) is 9.47. The van der Waals surface area contributed by atoms with Gasteiger partial charge in [-0.05, 0) is 32.6 Å². The van der Waals surface area contributed by atoms with Crippen LogP contribution < -0.4 is 10.2 Å². The lowest BCUT2D eigenvalue weighted by atomic mass is 10.2. The van der Waals surface area contributed by atoms with E-state index in [0.717, 1.165) is 24.1 Å². The van der Waals surface area contributed by atoms with E-state index in [1.807, 2.05) is 6.20 Å². The second-order valence-electron chi connectivity index (χ2n) is 6.01. The standard InChI is InChI=1S/C15H26N4/c1-10(2)16-8-14-9-17-15(18-11(14)3)19(5)12(4)13-6-7-13/h9-10,12-13,16H,6-8H2,1-5H3. The predicted molar refractivity (Wildman–Crippen MR) is 79.3 cm³/mol. The molecule has 4 nitrogen and oxygen atoms in total. The molecule has 1 saturated carbocycles. The molecule has 106 valence electrons. The molecule has 1 aromatic heterocycles. The van der Waals surface area contributed by atoms with E-state index >= 15 is 0 Å². The molecule has 19 heavy (non-hydrogen) atoms. The first-order valence-electron chi connectivity index (χ1n) is 7.27. The Kier molecular flexibility index (Phi) is 4.40. The minimum Gasteiger partial charge on any atom is -0.341 e. The van der Waals surface area contributed by atoms with Crippen LogP contribution in [0.4, 0.5) is 5.95 Å². The van der Waals surface area contributed by atoms with Gasteiger partial charge in [0.2, 0.25) is 5.95 Å². The second kappa shape index (κ2) is 5.87. The highest BCUT2D eigenvalue weighted by Gasteiger charge is 2.31. The Balaban J connectivity index is 2.04. The molecule has 0 bridgehead atoms. The van der Waals surface area contributed by atoms with Crippen molar-refractivity contribution in [1.82, 2.24) is 15.3 Å². The molecule has 0 saturated heterocycles. The monoisotopic (exact) mass is 262 g/mol. The predicted octanol–water partition coefficient (Wildman–Crippen LogP) is 2.52. The summed E-state index contributed by atoms with van der Waals surface area (Å²) in [6.07, 6.45) is 4.66. The molecule has 1 heterocycles. The average molecular weight is 262 g/mol. The zero-order valence-electron chi connectivity index (χ0n) is 12.8. The molecule has 1 unspecified atom stereocenters. The van der Waals surface area contributed by atoms with Crippen molar-refractivity contribution in [1.29, 1.82) is 0 Å². The van der Waals surface area contributed by atoms with Gasteiger partial charge in [-0.1, -0.05) is 13.8 Å². The smallest absolute Gasteiger partial charge is 0.225 e. The fourth-order valence-electron chi connectivity index (χ4n) is 2.21. The number of aromatic nitrogens is 2.